The molecule has 2 aromatic rings. The maximum Gasteiger partial charge on any atom is 0.306 e. The van der Waals surface area contributed by atoms with Crippen molar-refractivity contribution in [3.05, 3.63) is 65.2 Å². The Morgan fingerprint density at radius 1 is 1.14 bits per heavy atom. The molecule has 2 aromatic carbocycles. The fourth-order valence-electron chi connectivity index (χ4n) is 3.54. The Balaban J connectivity index is 1.48. The molecule has 148 valence electrons. The molecule has 0 aromatic heterocycles. The lowest BCUT2D eigenvalue weighted by Gasteiger charge is -2.27. The Bertz CT molecular complexity index is 816. The number of aryl methyl sites for hydroxylation is 2. The zero-order valence-corrected chi connectivity index (χ0v) is 16.4. The van der Waals surface area contributed by atoms with Gasteiger partial charge in [0, 0.05) is 6.42 Å². The summed E-state index contributed by atoms with van der Waals surface area (Å²) in [5.41, 5.74) is 3.47. The third kappa shape index (κ3) is 5.12. The first-order chi connectivity index (χ1) is 13.6. The molecule has 0 heterocycles. The van der Waals surface area contributed by atoms with Gasteiger partial charge in [0.15, 0.2) is 6.10 Å². The Kier molecular flexibility index (Phi) is 6.69. The van der Waals surface area contributed by atoms with E-state index >= 15 is 0 Å². The van der Waals surface area contributed by atoms with Crippen LogP contribution >= 0.6 is 0 Å². The first-order valence-electron chi connectivity index (χ1n) is 9.77. The van der Waals surface area contributed by atoms with Gasteiger partial charge in [-0.1, -0.05) is 36.4 Å². The lowest BCUT2D eigenvalue weighted by Crippen LogP contribution is -2.39. The van der Waals surface area contributed by atoms with E-state index in [-0.39, 0.29) is 24.3 Å². The number of hydrogen-bond acceptors (Lipinski definition) is 4. The normalized spacial score (nSPS) is 16.6. The summed E-state index contributed by atoms with van der Waals surface area (Å²) in [7, 11) is 1.62. The van der Waals surface area contributed by atoms with Gasteiger partial charge in [-0.15, -0.1) is 0 Å². The highest BCUT2D eigenvalue weighted by Gasteiger charge is 2.25. The predicted molar refractivity (Wildman–Crippen MR) is 107 cm³/mol. The highest BCUT2D eigenvalue weighted by atomic mass is 16.5. The van der Waals surface area contributed by atoms with E-state index in [1.165, 1.54) is 11.1 Å². The van der Waals surface area contributed by atoms with Gasteiger partial charge in [0.2, 0.25) is 0 Å². The zero-order chi connectivity index (χ0) is 19.9. The molecule has 0 fully saturated rings. The lowest BCUT2D eigenvalue weighted by atomic mass is 9.87. The van der Waals surface area contributed by atoms with E-state index in [1.54, 1.807) is 14.0 Å². The van der Waals surface area contributed by atoms with E-state index in [9.17, 15) is 9.59 Å². The average Bonchev–Trinajstić information content (AvgIpc) is 2.73. The molecule has 0 aliphatic heterocycles. The van der Waals surface area contributed by atoms with E-state index in [2.05, 4.69) is 17.4 Å². The minimum atomic E-state index is -0.808. The second-order valence-corrected chi connectivity index (χ2v) is 7.13. The number of fused-ring (bicyclic) bond motifs is 1. The molecule has 1 aliphatic carbocycles. The number of methoxy groups -OCH3 is 1. The van der Waals surface area contributed by atoms with Crippen molar-refractivity contribution in [1.29, 1.82) is 0 Å². The number of amides is 1. The van der Waals surface area contributed by atoms with Crippen LogP contribution in [0.1, 0.15) is 48.9 Å². The highest BCUT2D eigenvalue weighted by molar-refractivity contribution is 5.83. The molecule has 0 saturated carbocycles. The summed E-state index contributed by atoms with van der Waals surface area (Å²) in [4.78, 5) is 24.6. The Morgan fingerprint density at radius 2 is 1.89 bits per heavy atom. The minimum absolute atomic E-state index is 0.0158. The molecule has 1 aliphatic rings. The molecular formula is C23H27NO4. The van der Waals surface area contributed by atoms with Crippen LogP contribution in [0.15, 0.2) is 48.5 Å². The van der Waals surface area contributed by atoms with Gasteiger partial charge in [0.05, 0.1) is 13.2 Å². The second-order valence-electron chi connectivity index (χ2n) is 7.13. The Labute approximate surface area is 166 Å². The fourth-order valence-corrected chi connectivity index (χ4v) is 3.54. The molecule has 1 N–H and O–H groups in total. The van der Waals surface area contributed by atoms with Crippen LogP contribution in [0.5, 0.6) is 5.75 Å². The largest absolute Gasteiger partial charge is 0.497 e. The predicted octanol–water partition coefficient (Wildman–Crippen LogP) is 3.75. The van der Waals surface area contributed by atoms with Crippen molar-refractivity contribution in [3.63, 3.8) is 0 Å². The molecule has 5 nitrogen and oxygen atoms in total. The second kappa shape index (κ2) is 9.40. The van der Waals surface area contributed by atoms with Gasteiger partial charge >= 0.3 is 5.97 Å². The zero-order valence-electron chi connectivity index (χ0n) is 16.4. The van der Waals surface area contributed by atoms with Crippen molar-refractivity contribution < 1.29 is 19.1 Å². The topological polar surface area (TPSA) is 64.6 Å². The molecule has 0 saturated heterocycles. The Morgan fingerprint density at radius 3 is 2.64 bits per heavy atom. The summed E-state index contributed by atoms with van der Waals surface area (Å²) in [6.07, 6.45) is 2.97. The van der Waals surface area contributed by atoms with Crippen LogP contribution in [0.2, 0.25) is 0 Å². The molecule has 3 rings (SSSR count). The minimum Gasteiger partial charge on any atom is -0.497 e. The third-order valence-corrected chi connectivity index (χ3v) is 5.14. The van der Waals surface area contributed by atoms with Crippen molar-refractivity contribution >= 4 is 11.9 Å². The fraction of sp³-hybridized carbons (Fsp3) is 0.391. The van der Waals surface area contributed by atoms with Gasteiger partial charge < -0.3 is 14.8 Å². The SMILES string of the molecule is COc1ccc(CCC(=O)O[C@H](C)C(=O)N[C@@H]2CCCc3ccccc32)cc1. The van der Waals surface area contributed by atoms with Gasteiger partial charge in [0.25, 0.3) is 5.91 Å². The smallest absolute Gasteiger partial charge is 0.306 e. The van der Waals surface area contributed by atoms with E-state index in [1.807, 2.05) is 36.4 Å². The number of carbonyl (C=O) groups excluding carboxylic acids is 2. The molecule has 0 spiro atoms. The van der Waals surface area contributed by atoms with Crippen molar-refractivity contribution in [2.24, 2.45) is 0 Å². The molecule has 5 heteroatoms. The van der Waals surface area contributed by atoms with Gasteiger partial charge in [-0.25, -0.2) is 0 Å². The highest BCUT2D eigenvalue weighted by Crippen LogP contribution is 2.29. The molecule has 0 unspecified atom stereocenters. The monoisotopic (exact) mass is 381 g/mol. The average molecular weight is 381 g/mol. The van der Waals surface area contributed by atoms with E-state index in [0.29, 0.717) is 6.42 Å². The van der Waals surface area contributed by atoms with Crippen molar-refractivity contribution in [1.82, 2.24) is 5.32 Å². The summed E-state index contributed by atoms with van der Waals surface area (Å²) in [6, 6.07) is 15.7. The molecular weight excluding hydrogens is 354 g/mol. The summed E-state index contributed by atoms with van der Waals surface area (Å²) < 4.78 is 10.5. The molecule has 28 heavy (non-hydrogen) atoms. The van der Waals surface area contributed by atoms with Gasteiger partial charge in [0.1, 0.15) is 5.75 Å². The van der Waals surface area contributed by atoms with Gasteiger partial charge in [-0.3, -0.25) is 9.59 Å². The molecule has 0 radical (unpaired) electrons. The summed E-state index contributed by atoms with van der Waals surface area (Å²) in [5, 5.41) is 3.04. The number of esters is 1. The van der Waals surface area contributed by atoms with E-state index in [4.69, 9.17) is 9.47 Å². The van der Waals surface area contributed by atoms with Crippen molar-refractivity contribution in [2.75, 3.05) is 7.11 Å². The summed E-state index contributed by atoms with van der Waals surface area (Å²) in [6.45, 7) is 1.62. The van der Waals surface area contributed by atoms with E-state index in [0.717, 1.165) is 30.6 Å². The number of nitrogens with one attached hydrogen (secondary N) is 1. The number of ether oxygens (including phenoxy) is 2. The number of hydrogen-bond donors (Lipinski definition) is 1. The summed E-state index contributed by atoms with van der Waals surface area (Å²) in [5.74, 6) is 0.155. The first-order valence-corrected chi connectivity index (χ1v) is 9.77. The van der Waals surface area contributed by atoms with Gasteiger partial charge in [-0.2, -0.15) is 0 Å². The van der Waals surface area contributed by atoms with Crippen LogP contribution in [0, 0.1) is 0 Å². The van der Waals surface area contributed by atoms with Crippen molar-refractivity contribution in [3.8, 4) is 5.75 Å². The van der Waals surface area contributed by atoms with Gasteiger partial charge in [-0.05, 0) is 61.4 Å². The standard InChI is InChI=1S/C23H27NO4/c1-16(28-22(25)15-12-17-10-13-19(27-2)14-11-17)23(26)24-21-9-5-7-18-6-3-4-8-20(18)21/h3-4,6,8,10-11,13-14,16,21H,5,7,9,12,15H2,1-2H3,(H,24,26)/t16-,21-/m1/s1. The van der Waals surface area contributed by atoms with Crippen molar-refractivity contribution in [2.45, 2.75) is 51.2 Å². The molecule has 0 bridgehead atoms. The third-order valence-electron chi connectivity index (χ3n) is 5.14. The molecule has 1 amide bonds. The van der Waals surface area contributed by atoms with Crippen LogP contribution in [-0.2, 0) is 27.2 Å². The number of carbonyl (C=O) groups is 2. The first kappa shape index (κ1) is 19.9. The van der Waals surface area contributed by atoms with Crippen LogP contribution in [0.4, 0.5) is 0 Å². The number of benzene rings is 2. The molecule has 2 atom stereocenters. The van der Waals surface area contributed by atoms with Crippen LogP contribution in [0.3, 0.4) is 0 Å². The van der Waals surface area contributed by atoms with E-state index < -0.39 is 6.10 Å². The quantitative estimate of drug-likeness (QED) is 0.742. The maximum absolute atomic E-state index is 12.5. The Hall–Kier alpha value is -2.82. The van der Waals surface area contributed by atoms with Crippen LogP contribution in [-0.4, -0.2) is 25.1 Å². The lowest BCUT2D eigenvalue weighted by molar-refractivity contribution is -0.155. The van der Waals surface area contributed by atoms with Crippen LogP contribution < -0.4 is 10.1 Å². The number of rotatable bonds is 7. The maximum atomic E-state index is 12.5. The van der Waals surface area contributed by atoms with Crippen LogP contribution in [0.25, 0.3) is 0 Å². The summed E-state index contributed by atoms with van der Waals surface area (Å²) >= 11 is 0.